The van der Waals surface area contributed by atoms with Crippen LogP contribution in [0.2, 0.25) is 0 Å². The van der Waals surface area contributed by atoms with Gasteiger partial charge in [-0.25, -0.2) is 14.8 Å². The van der Waals surface area contributed by atoms with E-state index < -0.39 is 5.60 Å². The van der Waals surface area contributed by atoms with Gasteiger partial charge in [-0.05, 0) is 64.9 Å². The summed E-state index contributed by atoms with van der Waals surface area (Å²) in [6.45, 7) is 6.40. The molecule has 0 N–H and O–H groups in total. The number of carbonyl (C=O) groups excluding carboxylic acids is 1. The minimum absolute atomic E-state index is 0.0965. The van der Waals surface area contributed by atoms with Gasteiger partial charge in [-0.2, -0.15) is 0 Å². The molecule has 2 aliphatic rings. The van der Waals surface area contributed by atoms with Crippen LogP contribution in [-0.2, 0) is 15.9 Å². The van der Waals surface area contributed by atoms with Gasteiger partial charge < -0.3 is 19.1 Å². The van der Waals surface area contributed by atoms with Crippen molar-refractivity contribution in [3.05, 3.63) is 16.8 Å². The monoisotopic (exact) mass is 447 g/mol. The molecule has 1 atom stereocenters. The second-order valence-corrected chi connectivity index (χ2v) is 10.7. The molecule has 1 saturated carbocycles. The quantitative estimate of drug-likeness (QED) is 0.647. The molecule has 2 aromatic heterocycles. The Morgan fingerprint density at radius 2 is 1.94 bits per heavy atom. The smallest absolute Gasteiger partial charge is 0.410 e. The van der Waals surface area contributed by atoms with Gasteiger partial charge in [0, 0.05) is 31.0 Å². The Bertz CT molecular complexity index is 931. The number of ether oxygens (including phenoxy) is 3. The second-order valence-electron chi connectivity index (χ2n) is 9.63. The van der Waals surface area contributed by atoms with E-state index in [0.29, 0.717) is 11.8 Å². The number of fused-ring (bicyclic) bond motifs is 3. The van der Waals surface area contributed by atoms with Crippen molar-refractivity contribution >= 4 is 27.6 Å². The molecule has 31 heavy (non-hydrogen) atoms. The van der Waals surface area contributed by atoms with E-state index in [4.69, 9.17) is 14.2 Å². The molecule has 0 aromatic carbocycles. The highest BCUT2D eigenvalue weighted by atomic mass is 32.1. The zero-order valence-corrected chi connectivity index (χ0v) is 20.0. The maximum atomic E-state index is 12.4. The lowest BCUT2D eigenvalue weighted by Crippen LogP contribution is -2.43. The number of hydrogen-bond donors (Lipinski definition) is 0. The maximum Gasteiger partial charge on any atom is 0.410 e. The van der Waals surface area contributed by atoms with E-state index in [0.717, 1.165) is 55.3 Å². The average Bonchev–Trinajstić information content (AvgIpc) is 3.27. The van der Waals surface area contributed by atoms with E-state index >= 15 is 0 Å². The van der Waals surface area contributed by atoms with Gasteiger partial charge in [0.25, 0.3) is 0 Å². The first-order valence-corrected chi connectivity index (χ1v) is 12.0. The molecule has 8 heteroatoms. The second kappa shape index (κ2) is 8.90. The molecule has 0 aliphatic heterocycles. The molecule has 0 saturated heterocycles. The van der Waals surface area contributed by atoms with Crippen LogP contribution in [0.4, 0.5) is 4.79 Å². The van der Waals surface area contributed by atoms with Crippen molar-refractivity contribution in [1.29, 1.82) is 0 Å². The fourth-order valence-electron chi connectivity index (χ4n) is 4.69. The Morgan fingerprint density at radius 3 is 2.61 bits per heavy atom. The van der Waals surface area contributed by atoms with Gasteiger partial charge in [-0.1, -0.05) is 0 Å². The van der Waals surface area contributed by atoms with Crippen LogP contribution in [0, 0.1) is 0 Å². The molecular weight excluding hydrogens is 414 g/mol. The van der Waals surface area contributed by atoms with E-state index in [1.165, 1.54) is 10.4 Å². The topological polar surface area (TPSA) is 73.8 Å². The summed E-state index contributed by atoms with van der Waals surface area (Å²) in [4.78, 5) is 25.6. The first-order chi connectivity index (χ1) is 14.8. The molecule has 2 aliphatic carbocycles. The lowest BCUT2D eigenvalue weighted by molar-refractivity contribution is 0.0137. The van der Waals surface area contributed by atoms with Gasteiger partial charge in [-0.15, -0.1) is 11.3 Å². The third kappa shape index (κ3) is 4.80. The van der Waals surface area contributed by atoms with Crippen molar-refractivity contribution in [1.82, 2.24) is 14.9 Å². The average molecular weight is 448 g/mol. The molecule has 1 fully saturated rings. The van der Waals surface area contributed by atoms with Crippen LogP contribution in [-0.4, -0.2) is 59.5 Å². The molecule has 7 nitrogen and oxygen atoms in total. The summed E-state index contributed by atoms with van der Waals surface area (Å²) in [5.41, 5.74) is 0.849. The summed E-state index contributed by atoms with van der Waals surface area (Å²) in [6.07, 6.45) is 7.19. The van der Waals surface area contributed by atoms with Crippen LogP contribution < -0.4 is 4.74 Å². The van der Waals surface area contributed by atoms with Crippen LogP contribution in [0.15, 0.2) is 6.33 Å². The molecule has 0 radical (unpaired) electrons. The minimum atomic E-state index is -0.481. The van der Waals surface area contributed by atoms with Crippen LogP contribution in [0.3, 0.4) is 0 Å². The number of amides is 1. The summed E-state index contributed by atoms with van der Waals surface area (Å²) in [6, 6.07) is 0.177. The maximum absolute atomic E-state index is 12.4. The van der Waals surface area contributed by atoms with Gasteiger partial charge in [0.2, 0.25) is 5.88 Å². The predicted molar refractivity (Wildman–Crippen MR) is 121 cm³/mol. The number of rotatable bonds is 5. The molecule has 2 aromatic rings. The highest BCUT2D eigenvalue weighted by Gasteiger charge is 2.33. The molecule has 0 spiro atoms. The van der Waals surface area contributed by atoms with Crippen molar-refractivity contribution in [2.45, 2.75) is 83.0 Å². The van der Waals surface area contributed by atoms with Crippen LogP contribution >= 0.6 is 11.3 Å². The predicted octanol–water partition coefficient (Wildman–Crippen LogP) is 4.92. The van der Waals surface area contributed by atoms with E-state index in [9.17, 15) is 4.79 Å². The Labute approximate surface area is 188 Å². The molecule has 2 heterocycles. The van der Waals surface area contributed by atoms with Gasteiger partial charge in [0.1, 0.15) is 22.9 Å². The van der Waals surface area contributed by atoms with E-state index in [2.05, 4.69) is 9.97 Å². The minimum Gasteiger partial charge on any atom is -0.474 e. The van der Waals surface area contributed by atoms with E-state index in [1.807, 2.05) is 27.8 Å². The first-order valence-electron chi connectivity index (χ1n) is 11.1. The Kier molecular flexibility index (Phi) is 6.40. The van der Waals surface area contributed by atoms with Crippen LogP contribution in [0.5, 0.6) is 5.88 Å². The van der Waals surface area contributed by atoms with Gasteiger partial charge in [-0.3, -0.25) is 0 Å². The third-order valence-corrected chi connectivity index (χ3v) is 7.39. The van der Waals surface area contributed by atoms with Gasteiger partial charge >= 0.3 is 6.09 Å². The number of thiophene rings is 1. The van der Waals surface area contributed by atoms with E-state index in [-0.39, 0.29) is 18.2 Å². The zero-order chi connectivity index (χ0) is 22.2. The SMILES string of the molecule is COCC1CCc2sc3ncnc(OC4CCC(N(C)C(=O)OC(C)(C)C)CC4)c3c21. The van der Waals surface area contributed by atoms with Crippen LogP contribution in [0.1, 0.15) is 69.2 Å². The molecule has 170 valence electrons. The third-order valence-electron chi connectivity index (χ3n) is 6.21. The molecule has 1 amide bonds. The van der Waals surface area contributed by atoms with Gasteiger partial charge in [0.15, 0.2) is 0 Å². The number of aromatic nitrogens is 2. The summed E-state index contributed by atoms with van der Waals surface area (Å²) < 4.78 is 17.4. The molecule has 1 unspecified atom stereocenters. The largest absolute Gasteiger partial charge is 0.474 e. The van der Waals surface area contributed by atoms with Crippen molar-refractivity contribution < 1.29 is 19.0 Å². The Hall–Kier alpha value is -1.93. The summed E-state index contributed by atoms with van der Waals surface area (Å²) in [5.74, 6) is 1.09. The zero-order valence-electron chi connectivity index (χ0n) is 19.1. The van der Waals surface area contributed by atoms with Crippen molar-refractivity contribution in [3.8, 4) is 5.88 Å². The van der Waals surface area contributed by atoms with E-state index in [1.54, 1.807) is 29.7 Å². The van der Waals surface area contributed by atoms with Crippen molar-refractivity contribution in [2.24, 2.45) is 0 Å². The normalized spacial score (nSPS) is 23.6. The fraction of sp³-hybridized carbons (Fsp3) is 0.696. The van der Waals surface area contributed by atoms with Crippen molar-refractivity contribution in [2.75, 3.05) is 20.8 Å². The number of carbonyl (C=O) groups is 1. The molecule has 0 bridgehead atoms. The lowest BCUT2D eigenvalue weighted by Gasteiger charge is -2.35. The number of nitrogens with zero attached hydrogens (tertiary/aromatic N) is 3. The van der Waals surface area contributed by atoms with Crippen LogP contribution in [0.25, 0.3) is 10.2 Å². The summed E-state index contributed by atoms with van der Waals surface area (Å²) in [7, 11) is 3.59. The summed E-state index contributed by atoms with van der Waals surface area (Å²) in [5, 5.41) is 1.08. The fourth-order valence-corrected chi connectivity index (χ4v) is 5.92. The van der Waals surface area contributed by atoms with Crippen molar-refractivity contribution in [3.63, 3.8) is 0 Å². The number of aryl methyl sites for hydroxylation is 1. The highest BCUT2D eigenvalue weighted by Crippen LogP contribution is 2.46. The summed E-state index contributed by atoms with van der Waals surface area (Å²) >= 11 is 1.76. The highest BCUT2D eigenvalue weighted by molar-refractivity contribution is 7.19. The first kappa shape index (κ1) is 22.3. The molecule has 4 rings (SSSR count). The van der Waals surface area contributed by atoms with Gasteiger partial charge in [0.05, 0.1) is 12.0 Å². The Balaban J connectivity index is 1.43. The molecular formula is C23H33N3O4S. The Morgan fingerprint density at radius 1 is 1.19 bits per heavy atom. The standard InChI is InChI=1S/C23H33N3O4S/c1-23(2,3)30-22(27)26(4)15-7-9-16(10-8-15)29-20-19-18-14(12-28-5)6-11-17(18)31-21(19)25-13-24-20/h13-16H,6-12H2,1-5H3. The number of methoxy groups -OCH3 is 1. The lowest BCUT2D eigenvalue weighted by atomic mass is 9.92. The number of hydrogen-bond acceptors (Lipinski definition) is 7.